The van der Waals surface area contributed by atoms with Gasteiger partial charge in [-0.1, -0.05) is 0 Å². The Morgan fingerprint density at radius 2 is 1.93 bits per heavy atom. The molecule has 14 heavy (non-hydrogen) atoms. The third-order valence-electron chi connectivity index (χ3n) is 1.73. The van der Waals surface area contributed by atoms with Gasteiger partial charge in [-0.15, -0.1) is 0 Å². The molecule has 0 heterocycles. The smallest absolute Gasteiger partial charge is 0.325 e. The van der Waals surface area contributed by atoms with Gasteiger partial charge >= 0.3 is 5.97 Å². The molecule has 5 nitrogen and oxygen atoms in total. The number of phenolic OH excluding ortho intramolecular Hbond substituents is 2. The highest BCUT2D eigenvalue weighted by atomic mass is 19.1. The maximum Gasteiger partial charge on any atom is 0.325 e. The summed E-state index contributed by atoms with van der Waals surface area (Å²) in [6.07, 6.45) is 0. The second kappa shape index (κ2) is 3.51. The Hall–Kier alpha value is -1.82. The zero-order valence-electron chi connectivity index (χ0n) is 6.94. The number of benzene rings is 1. The molecular formula is C8H8FNO4. The van der Waals surface area contributed by atoms with Gasteiger partial charge in [0.1, 0.15) is 6.04 Å². The van der Waals surface area contributed by atoms with E-state index in [4.69, 9.17) is 21.1 Å². The maximum absolute atomic E-state index is 12.6. The van der Waals surface area contributed by atoms with Gasteiger partial charge in [-0.25, -0.2) is 4.39 Å². The molecule has 1 aromatic rings. The van der Waals surface area contributed by atoms with Gasteiger partial charge in [0.2, 0.25) is 0 Å². The van der Waals surface area contributed by atoms with Gasteiger partial charge in [-0.05, 0) is 12.1 Å². The Kier molecular flexibility index (Phi) is 2.57. The molecule has 0 aromatic heterocycles. The number of nitrogens with two attached hydrogens (primary N) is 1. The van der Waals surface area contributed by atoms with E-state index in [1.807, 2.05) is 0 Å². The summed E-state index contributed by atoms with van der Waals surface area (Å²) >= 11 is 0. The van der Waals surface area contributed by atoms with Crippen molar-refractivity contribution in [1.29, 1.82) is 0 Å². The number of aliphatic carboxylic acids is 1. The summed E-state index contributed by atoms with van der Waals surface area (Å²) in [6.45, 7) is 0. The van der Waals surface area contributed by atoms with Crippen molar-refractivity contribution < 1.29 is 24.5 Å². The summed E-state index contributed by atoms with van der Waals surface area (Å²) in [4.78, 5) is 10.4. The fourth-order valence-electron chi connectivity index (χ4n) is 0.955. The van der Waals surface area contributed by atoms with Crippen LogP contribution < -0.4 is 5.73 Å². The Morgan fingerprint density at radius 1 is 1.36 bits per heavy atom. The van der Waals surface area contributed by atoms with E-state index in [1.54, 1.807) is 0 Å². The molecule has 5 N–H and O–H groups in total. The molecule has 0 spiro atoms. The molecule has 1 rings (SSSR count). The van der Waals surface area contributed by atoms with E-state index >= 15 is 0 Å². The van der Waals surface area contributed by atoms with Gasteiger partial charge in [-0.2, -0.15) is 0 Å². The quantitative estimate of drug-likeness (QED) is 0.516. The van der Waals surface area contributed by atoms with Crippen LogP contribution in [0.4, 0.5) is 4.39 Å². The predicted molar refractivity (Wildman–Crippen MR) is 44.3 cm³/mol. The minimum Gasteiger partial charge on any atom is -0.504 e. The van der Waals surface area contributed by atoms with Gasteiger partial charge in [0, 0.05) is 5.56 Å². The largest absolute Gasteiger partial charge is 0.504 e. The monoisotopic (exact) mass is 201 g/mol. The molecular weight excluding hydrogens is 193 g/mol. The number of hydrogen-bond donors (Lipinski definition) is 4. The Balaban J connectivity index is 3.24. The third-order valence-corrected chi connectivity index (χ3v) is 1.73. The van der Waals surface area contributed by atoms with E-state index in [0.29, 0.717) is 0 Å². The molecule has 0 aliphatic carbocycles. The summed E-state index contributed by atoms with van der Waals surface area (Å²) in [7, 11) is 0. The van der Waals surface area contributed by atoms with Gasteiger partial charge in [-0.3, -0.25) is 4.79 Å². The number of aromatic hydroxyl groups is 2. The van der Waals surface area contributed by atoms with Crippen molar-refractivity contribution in [3.05, 3.63) is 23.5 Å². The Labute approximate surface area is 78.2 Å². The van der Waals surface area contributed by atoms with Crippen LogP contribution in [-0.2, 0) is 4.79 Å². The van der Waals surface area contributed by atoms with Crippen LogP contribution in [0, 0.1) is 5.82 Å². The van der Waals surface area contributed by atoms with Crippen LogP contribution in [0.5, 0.6) is 11.5 Å². The Bertz CT molecular complexity index is 380. The van der Waals surface area contributed by atoms with Crippen LogP contribution in [0.1, 0.15) is 11.6 Å². The van der Waals surface area contributed by atoms with Crippen LogP contribution in [0.3, 0.4) is 0 Å². The van der Waals surface area contributed by atoms with Crippen molar-refractivity contribution in [2.24, 2.45) is 5.73 Å². The SMILES string of the molecule is NC(C(=O)O)c1ccc(F)c(O)c1O. The normalized spacial score (nSPS) is 12.4. The lowest BCUT2D eigenvalue weighted by Crippen LogP contribution is -2.20. The molecule has 1 atom stereocenters. The maximum atomic E-state index is 12.6. The number of carboxylic acid groups (broad SMARTS) is 1. The van der Waals surface area contributed by atoms with Gasteiger partial charge in [0.05, 0.1) is 0 Å². The molecule has 1 unspecified atom stereocenters. The molecule has 0 bridgehead atoms. The molecule has 0 fully saturated rings. The van der Waals surface area contributed by atoms with Crippen LogP contribution in [0.15, 0.2) is 12.1 Å². The average molecular weight is 201 g/mol. The standard InChI is InChI=1S/C8H8FNO4/c9-4-2-1-3(5(10)8(13)14)6(11)7(4)12/h1-2,5,11-12H,10H2,(H,13,14). The number of phenols is 2. The van der Waals surface area contributed by atoms with Crippen molar-refractivity contribution >= 4 is 5.97 Å². The van der Waals surface area contributed by atoms with Crippen LogP contribution >= 0.6 is 0 Å². The van der Waals surface area contributed by atoms with E-state index < -0.39 is 29.3 Å². The van der Waals surface area contributed by atoms with Gasteiger partial charge in [0.15, 0.2) is 17.3 Å². The van der Waals surface area contributed by atoms with Crippen molar-refractivity contribution in [3.63, 3.8) is 0 Å². The second-order valence-corrected chi connectivity index (χ2v) is 2.65. The molecule has 1 aromatic carbocycles. The lowest BCUT2D eigenvalue weighted by atomic mass is 10.1. The van der Waals surface area contributed by atoms with Gasteiger partial charge < -0.3 is 21.1 Å². The zero-order chi connectivity index (χ0) is 10.9. The molecule has 0 aliphatic rings. The van der Waals surface area contributed by atoms with Crippen LogP contribution in [-0.4, -0.2) is 21.3 Å². The summed E-state index contributed by atoms with van der Waals surface area (Å²) < 4.78 is 12.6. The van der Waals surface area contributed by atoms with Crippen molar-refractivity contribution in [2.45, 2.75) is 6.04 Å². The number of hydrogen-bond acceptors (Lipinski definition) is 4. The first-order valence-corrected chi connectivity index (χ1v) is 3.64. The van der Waals surface area contributed by atoms with Gasteiger partial charge in [0.25, 0.3) is 0 Å². The molecule has 76 valence electrons. The van der Waals surface area contributed by atoms with E-state index in [9.17, 15) is 9.18 Å². The summed E-state index contributed by atoms with van der Waals surface area (Å²) in [5.74, 6) is -4.27. The highest BCUT2D eigenvalue weighted by molar-refractivity contribution is 5.76. The molecule has 0 aliphatic heterocycles. The first-order valence-electron chi connectivity index (χ1n) is 3.64. The molecule has 0 saturated carbocycles. The molecule has 6 heteroatoms. The lowest BCUT2D eigenvalue weighted by Gasteiger charge is -2.10. The molecule has 0 saturated heterocycles. The molecule has 0 amide bonds. The average Bonchev–Trinajstić information content (AvgIpc) is 2.13. The fraction of sp³-hybridized carbons (Fsp3) is 0.125. The van der Waals surface area contributed by atoms with E-state index in [1.165, 1.54) is 0 Å². The zero-order valence-corrected chi connectivity index (χ0v) is 6.94. The first-order chi connectivity index (χ1) is 6.45. The fourth-order valence-corrected chi connectivity index (χ4v) is 0.955. The van der Waals surface area contributed by atoms with Crippen molar-refractivity contribution in [1.82, 2.24) is 0 Å². The third kappa shape index (κ3) is 1.60. The lowest BCUT2D eigenvalue weighted by molar-refractivity contribution is -0.138. The number of carboxylic acids is 1. The van der Waals surface area contributed by atoms with Crippen molar-refractivity contribution in [2.75, 3.05) is 0 Å². The molecule has 0 radical (unpaired) electrons. The highest BCUT2D eigenvalue weighted by Crippen LogP contribution is 2.34. The van der Waals surface area contributed by atoms with Crippen LogP contribution in [0.25, 0.3) is 0 Å². The number of rotatable bonds is 2. The van der Waals surface area contributed by atoms with E-state index in [-0.39, 0.29) is 5.56 Å². The summed E-state index contributed by atoms with van der Waals surface area (Å²) in [6, 6.07) is 0.331. The predicted octanol–water partition coefficient (Wildman–Crippen LogP) is 0.321. The van der Waals surface area contributed by atoms with E-state index in [2.05, 4.69) is 0 Å². The number of carbonyl (C=O) groups is 1. The minimum absolute atomic E-state index is 0.239. The van der Waals surface area contributed by atoms with Crippen molar-refractivity contribution in [3.8, 4) is 11.5 Å². The summed E-state index contributed by atoms with van der Waals surface area (Å²) in [5.41, 5.74) is 4.93. The first kappa shape index (κ1) is 10.3. The minimum atomic E-state index is -1.50. The summed E-state index contributed by atoms with van der Waals surface area (Å²) in [5, 5.41) is 26.6. The topological polar surface area (TPSA) is 104 Å². The number of halogens is 1. The van der Waals surface area contributed by atoms with Crippen LogP contribution in [0.2, 0.25) is 0 Å². The second-order valence-electron chi connectivity index (χ2n) is 2.65. The van der Waals surface area contributed by atoms with E-state index in [0.717, 1.165) is 12.1 Å². The Morgan fingerprint density at radius 3 is 2.43 bits per heavy atom. The highest BCUT2D eigenvalue weighted by Gasteiger charge is 2.21.